The van der Waals surface area contributed by atoms with Gasteiger partial charge >= 0.3 is 0 Å². The third-order valence-electron chi connectivity index (χ3n) is 3.91. The SMILES string of the molecule is Cc1cccc2c1CN(c1ccc(O)cc1)C2CN. The molecule has 3 rings (SSSR count). The van der Waals surface area contributed by atoms with E-state index in [9.17, 15) is 5.11 Å². The Hall–Kier alpha value is -2.00. The van der Waals surface area contributed by atoms with Crippen LogP contribution < -0.4 is 10.6 Å². The molecule has 2 aromatic carbocycles. The Bertz CT molecular complexity index is 592. The van der Waals surface area contributed by atoms with Crippen molar-refractivity contribution in [2.45, 2.75) is 19.5 Å². The topological polar surface area (TPSA) is 49.5 Å². The molecule has 0 aliphatic carbocycles. The van der Waals surface area contributed by atoms with Crippen molar-refractivity contribution in [3.63, 3.8) is 0 Å². The van der Waals surface area contributed by atoms with Crippen molar-refractivity contribution in [3.05, 3.63) is 59.2 Å². The zero-order valence-electron chi connectivity index (χ0n) is 11.0. The van der Waals surface area contributed by atoms with Crippen LogP contribution >= 0.6 is 0 Å². The van der Waals surface area contributed by atoms with Gasteiger partial charge in [-0.3, -0.25) is 0 Å². The number of aryl methyl sites for hydroxylation is 1. The number of nitrogens with zero attached hydrogens (tertiary/aromatic N) is 1. The molecule has 0 fully saturated rings. The van der Waals surface area contributed by atoms with Gasteiger partial charge in [0.1, 0.15) is 5.75 Å². The molecule has 3 N–H and O–H groups in total. The van der Waals surface area contributed by atoms with E-state index in [1.54, 1.807) is 12.1 Å². The molecule has 1 aliphatic heterocycles. The highest BCUT2D eigenvalue weighted by atomic mass is 16.3. The molecule has 2 aromatic rings. The molecule has 19 heavy (non-hydrogen) atoms. The van der Waals surface area contributed by atoms with E-state index < -0.39 is 0 Å². The highest BCUT2D eigenvalue weighted by Crippen LogP contribution is 2.38. The van der Waals surface area contributed by atoms with Gasteiger partial charge in [0.2, 0.25) is 0 Å². The first-order valence-corrected chi connectivity index (χ1v) is 6.55. The number of benzene rings is 2. The summed E-state index contributed by atoms with van der Waals surface area (Å²) in [5.74, 6) is 0.293. The van der Waals surface area contributed by atoms with Gasteiger partial charge < -0.3 is 15.7 Å². The molecule has 0 spiro atoms. The molecule has 0 amide bonds. The van der Waals surface area contributed by atoms with E-state index in [2.05, 4.69) is 30.0 Å². The number of anilines is 1. The first-order chi connectivity index (χ1) is 9.20. The third kappa shape index (κ3) is 1.96. The summed E-state index contributed by atoms with van der Waals surface area (Å²) in [5, 5.41) is 9.40. The zero-order chi connectivity index (χ0) is 13.4. The number of aromatic hydroxyl groups is 1. The van der Waals surface area contributed by atoms with E-state index in [1.165, 1.54) is 16.7 Å². The minimum absolute atomic E-state index is 0.222. The number of hydrogen-bond acceptors (Lipinski definition) is 3. The Morgan fingerprint density at radius 3 is 2.63 bits per heavy atom. The maximum Gasteiger partial charge on any atom is 0.115 e. The van der Waals surface area contributed by atoms with Crippen molar-refractivity contribution in [2.24, 2.45) is 5.73 Å². The predicted molar refractivity (Wildman–Crippen MR) is 77.3 cm³/mol. The fraction of sp³-hybridized carbons (Fsp3) is 0.250. The van der Waals surface area contributed by atoms with Gasteiger partial charge in [-0.2, -0.15) is 0 Å². The van der Waals surface area contributed by atoms with Gasteiger partial charge in [0.15, 0.2) is 0 Å². The lowest BCUT2D eigenvalue weighted by Crippen LogP contribution is -2.27. The Labute approximate surface area is 113 Å². The van der Waals surface area contributed by atoms with E-state index >= 15 is 0 Å². The molecule has 1 aliphatic rings. The lowest BCUT2D eigenvalue weighted by Gasteiger charge is -2.26. The highest BCUT2D eigenvalue weighted by molar-refractivity contribution is 5.57. The molecule has 0 saturated heterocycles. The molecule has 0 bridgehead atoms. The van der Waals surface area contributed by atoms with Crippen LogP contribution in [0.3, 0.4) is 0 Å². The predicted octanol–water partition coefficient (Wildman–Crippen LogP) is 2.72. The minimum atomic E-state index is 0.222. The van der Waals surface area contributed by atoms with E-state index in [0.29, 0.717) is 12.3 Å². The normalized spacial score (nSPS) is 17.6. The van der Waals surface area contributed by atoms with Crippen LogP contribution in [-0.2, 0) is 6.54 Å². The van der Waals surface area contributed by atoms with Crippen LogP contribution in [-0.4, -0.2) is 11.7 Å². The summed E-state index contributed by atoms with van der Waals surface area (Å²) in [4.78, 5) is 2.30. The van der Waals surface area contributed by atoms with Crippen LogP contribution in [0.1, 0.15) is 22.7 Å². The molecule has 3 heteroatoms. The van der Waals surface area contributed by atoms with Crippen LogP contribution in [0.4, 0.5) is 5.69 Å². The molecule has 1 unspecified atom stereocenters. The molecular formula is C16H18N2O. The summed E-state index contributed by atoms with van der Waals surface area (Å²) in [6, 6.07) is 14.0. The Morgan fingerprint density at radius 2 is 1.95 bits per heavy atom. The summed E-state index contributed by atoms with van der Waals surface area (Å²) in [6.45, 7) is 3.62. The van der Waals surface area contributed by atoms with Gasteiger partial charge in [-0.25, -0.2) is 0 Å². The number of phenolic OH excluding ortho intramolecular Hbond substituents is 1. The van der Waals surface area contributed by atoms with Crippen LogP contribution in [0.15, 0.2) is 42.5 Å². The van der Waals surface area contributed by atoms with Crippen molar-refractivity contribution < 1.29 is 5.11 Å². The summed E-state index contributed by atoms with van der Waals surface area (Å²) in [7, 11) is 0. The van der Waals surface area contributed by atoms with Crippen molar-refractivity contribution in [1.29, 1.82) is 0 Å². The van der Waals surface area contributed by atoms with Gasteiger partial charge in [-0.15, -0.1) is 0 Å². The molecule has 3 nitrogen and oxygen atoms in total. The summed E-state index contributed by atoms with van der Waals surface area (Å²) in [6.07, 6.45) is 0. The minimum Gasteiger partial charge on any atom is -0.508 e. The average Bonchev–Trinajstić information content (AvgIpc) is 2.79. The monoisotopic (exact) mass is 254 g/mol. The quantitative estimate of drug-likeness (QED) is 0.866. The molecule has 0 aromatic heterocycles. The van der Waals surface area contributed by atoms with Crippen LogP contribution in [0.25, 0.3) is 0 Å². The van der Waals surface area contributed by atoms with Crippen molar-refractivity contribution in [1.82, 2.24) is 0 Å². The van der Waals surface area contributed by atoms with Gasteiger partial charge in [0.05, 0.1) is 6.04 Å². The number of rotatable bonds is 2. The first-order valence-electron chi connectivity index (χ1n) is 6.55. The standard InChI is InChI=1S/C16H18N2O/c1-11-3-2-4-14-15(11)10-18(16(14)9-17)12-5-7-13(19)8-6-12/h2-8,16,19H,9-10,17H2,1H3. The molecule has 0 saturated carbocycles. The molecule has 1 heterocycles. The maximum atomic E-state index is 9.40. The molecular weight excluding hydrogens is 236 g/mol. The Kier molecular flexibility index (Phi) is 2.91. The van der Waals surface area contributed by atoms with Crippen LogP contribution in [0.5, 0.6) is 5.75 Å². The van der Waals surface area contributed by atoms with Crippen molar-refractivity contribution in [2.75, 3.05) is 11.4 Å². The molecule has 1 atom stereocenters. The molecule has 0 radical (unpaired) electrons. The average molecular weight is 254 g/mol. The van der Waals surface area contributed by atoms with Crippen LogP contribution in [0, 0.1) is 6.92 Å². The summed E-state index contributed by atoms with van der Waals surface area (Å²) >= 11 is 0. The highest BCUT2D eigenvalue weighted by Gasteiger charge is 2.29. The van der Waals surface area contributed by atoms with Crippen molar-refractivity contribution >= 4 is 5.69 Å². The second-order valence-corrected chi connectivity index (χ2v) is 5.04. The number of nitrogens with two attached hydrogens (primary N) is 1. The van der Waals surface area contributed by atoms with E-state index in [0.717, 1.165) is 12.2 Å². The zero-order valence-corrected chi connectivity index (χ0v) is 11.0. The van der Waals surface area contributed by atoms with E-state index in [-0.39, 0.29) is 6.04 Å². The Morgan fingerprint density at radius 1 is 1.21 bits per heavy atom. The van der Waals surface area contributed by atoms with Crippen LogP contribution in [0.2, 0.25) is 0 Å². The number of fused-ring (bicyclic) bond motifs is 1. The third-order valence-corrected chi connectivity index (χ3v) is 3.91. The second kappa shape index (κ2) is 4.59. The van der Waals surface area contributed by atoms with E-state index in [1.807, 2.05) is 12.1 Å². The first kappa shape index (κ1) is 12.1. The van der Waals surface area contributed by atoms with Gasteiger partial charge in [0, 0.05) is 18.8 Å². The fourth-order valence-corrected chi connectivity index (χ4v) is 2.87. The van der Waals surface area contributed by atoms with Gasteiger partial charge in [-0.05, 0) is 47.9 Å². The Balaban J connectivity index is 2.02. The van der Waals surface area contributed by atoms with Gasteiger partial charge in [0.25, 0.3) is 0 Å². The molecule has 98 valence electrons. The largest absolute Gasteiger partial charge is 0.508 e. The van der Waals surface area contributed by atoms with E-state index in [4.69, 9.17) is 5.73 Å². The second-order valence-electron chi connectivity index (χ2n) is 5.04. The number of phenols is 1. The fourth-order valence-electron chi connectivity index (χ4n) is 2.87. The lowest BCUT2D eigenvalue weighted by molar-refractivity contribution is 0.475. The number of hydrogen-bond donors (Lipinski definition) is 2. The van der Waals surface area contributed by atoms with Gasteiger partial charge in [-0.1, -0.05) is 18.2 Å². The van der Waals surface area contributed by atoms with Crippen molar-refractivity contribution in [3.8, 4) is 5.75 Å². The maximum absolute atomic E-state index is 9.40. The lowest BCUT2D eigenvalue weighted by atomic mass is 10.0. The summed E-state index contributed by atoms with van der Waals surface area (Å²) < 4.78 is 0. The smallest absolute Gasteiger partial charge is 0.115 e. The summed E-state index contributed by atoms with van der Waals surface area (Å²) in [5.41, 5.74) is 11.1.